The molecule has 2 aromatic rings. The molecule has 76 valence electrons. The highest BCUT2D eigenvalue weighted by Crippen LogP contribution is 2.25. The van der Waals surface area contributed by atoms with E-state index in [4.69, 9.17) is 0 Å². The molecule has 1 aromatic carbocycles. The van der Waals surface area contributed by atoms with Crippen molar-refractivity contribution in [3.63, 3.8) is 0 Å². The van der Waals surface area contributed by atoms with Crippen LogP contribution in [-0.2, 0) is 18.4 Å². The largest absolute Gasteiger partial charge is 0.266 e. The Morgan fingerprint density at radius 2 is 2.40 bits per heavy atom. The monoisotopic (exact) mass is 265 g/mol. The minimum Gasteiger partial charge on any atom is -0.266 e. The van der Waals surface area contributed by atoms with Gasteiger partial charge >= 0.3 is 0 Å². The summed E-state index contributed by atoms with van der Waals surface area (Å²) in [7, 11) is 1.86. The van der Waals surface area contributed by atoms with E-state index in [2.05, 4.69) is 26.0 Å². The molecular weight excluding hydrogens is 258 g/mol. The van der Waals surface area contributed by atoms with E-state index in [0.717, 1.165) is 21.1 Å². The topological polar surface area (TPSA) is 47.2 Å². The van der Waals surface area contributed by atoms with Gasteiger partial charge in [-0.25, -0.2) is 9.79 Å². The van der Waals surface area contributed by atoms with Gasteiger partial charge < -0.3 is 0 Å². The number of carbonyl (C=O) groups excluding carboxylic acids is 1. The Bertz CT molecular complexity index is 555. The SMILES string of the molecule is Cn1nc(Br)c2cccc(CN=C=O)c21. The third-order valence-corrected chi connectivity index (χ3v) is 2.80. The van der Waals surface area contributed by atoms with Crippen LogP contribution in [0.15, 0.2) is 27.8 Å². The van der Waals surface area contributed by atoms with Gasteiger partial charge in [0.25, 0.3) is 0 Å². The van der Waals surface area contributed by atoms with Crippen molar-refractivity contribution in [1.29, 1.82) is 0 Å². The zero-order valence-corrected chi connectivity index (χ0v) is 9.65. The van der Waals surface area contributed by atoms with Crippen LogP contribution < -0.4 is 0 Å². The molecule has 0 aliphatic heterocycles. The van der Waals surface area contributed by atoms with Gasteiger partial charge in [-0.1, -0.05) is 18.2 Å². The number of hydrogen-bond donors (Lipinski definition) is 0. The summed E-state index contributed by atoms with van der Waals surface area (Å²) in [4.78, 5) is 13.7. The number of benzene rings is 1. The Morgan fingerprint density at radius 1 is 1.60 bits per heavy atom. The summed E-state index contributed by atoms with van der Waals surface area (Å²) in [6.07, 6.45) is 1.54. The molecule has 15 heavy (non-hydrogen) atoms. The third kappa shape index (κ3) is 1.71. The predicted molar refractivity (Wildman–Crippen MR) is 60.2 cm³/mol. The Kier molecular flexibility index (Phi) is 2.66. The number of rotatable bonds is 2. The molecule has 0 aliphatic carbocycles. The Morgan fingerprint density at radius 3 is 3.13 bits per heavy atom. The van der Waals surface area contributed by atoms with Crippen LogP contribution >= 0.6 is 15.9 Å². The fourth-order valence-electron chi connectivity index (χ4n) is 1.62. The molecule has 0 aliphatic rings. The van der Waals surface area contributed by atoms with Gasteiger partial charge in [-0.05, 0) is 15.9 Å². The minimum atomic E-state index is 0.340. The van der Waals surface area contributed by atoms with Gasteiger partial charge in [-0.15, -0.1) is 0 Å². The zero-order valence-electron chi connectivity index (χ0n) is 8.07. The lowest BCUT2D eigenvalue weighted by Crippen LogP contribution is -1.93. The molecule has 4 nitrogen and oxygen atoms in total. The second kappa shape index (κ2) is 3.96. The zero-order chi connectivity index (χ0) is 10.8. The minimum absolute atomic E-state index is 0.340. The second-order valence-electron chi connectivity index (χ2n) is 3.14. The van der Waals surface area contributed by atoms with Crippen molar-refractivity contribution in [1.82, 2.24) is 9.78 Å². The quantitative estimate of drug-likeness (QED) is 0.617. The van der Waals surface area contributed by atoms with Crippen LogP contribution in [0.2, 0.25) is 0 Å². The molecule has 1 heterocycles. The van der Waals surface area contributed by atoms with Crippen molar-refractivity contribution in [2.45, 2.75) is 6.54 Å². The first-order valence-electron chi connectivity index (χ1n) is 4.37. The molecule has 2 rings (SSSR count). The maximum atomic E-state index is 10.1. The first-order chi connectivity index (χ1) is 7.24. The summed E-state index contributed by atoms with van der Waals surface area (Å²) in [5.74, 6) is 0. The fraction of sp³-hybridized carbons (Fsp3) is 0.200. The Labute approximate surface area is 94.7 Å². The van der Waals surface area contributed by atoms with E-state index in [0.29, 0.717) is 6.54 Å². The molecule has 0 bridgehead atoms. The number of halogens is 1. The normalized spacial score (nSPS) is 10.3. The van der Waals surface area contributed by atoms with Crippen molar-refractivity contribution in [3.8, 4) is 0 Å². The fourth-order valence-corrected chi connectivity index (χ4v) is 2.18. The summed E-state index contributed by atoms with van der Waals surface area (Å²) in [5.41, 5.74) is 1.96. The molecule has 0 spiro atoms. The summed E-state index contributed by atoms with van der Waals surface area (Å²) >= 11 is 3.38. The first kappa shape index (κ1) is 10.1. The molecule has 0 fully saturated rings. The first-order valence-corrected chi connectivity index (χ1v) is 5.17. The summed E-state index contributed by atoms with van der Waals surface area (Å²) in [6, 6.07) is 5.82. The maximum absolute atomic E-state index is 10.1. The maximum Gasteiger partial charge on any atom is 0.235 e. The van der Waals surface area contributed by atoms with Crippen LogP contribution in [0.1, 0.15) is 5.56 Å². The van der Waals surface area contributed by atoms with Gasteiger partial charge in [0, 0.05) is 18.0 Å². The van der Waals surface area contributed by atoms with Crippen LogP contribution in [0.3, 0.4) is 0 Å². The number of aromatic nitrogens is 2. The van der Waals surface area contributed by atoms with Gasteiger partial charge in [-0.2, -0.15) is 5.10 Å². The number of para-hydroxylation sites is 1. The number of isocyanates is 1. The molecule has 0 saturated heterocycles. The standard InChI is InChI=1S/C10H8BrN3O/c1-14-9-7(5-12-6-15)3-2-4-8(9)10(11)13-14/h2-4H,5H2,1H3. The number of hydrogen-bond acceptors (Lipinski definition) is 3. The van der Waals surface area contributed by atoms with Crippen LogP contribution in [0.4, 0.5) is 0 Å². The highest BCUT2D eigenvalue weighted by Gasteiger charge is 2.09. The van der Waals surface area contributed by atoms with E-state index in [1.807, 2.05) is 25.2 Å². The Hall–Kier alpha value is -1.45. The van der Waals surface area contributed by atoms with Crippen molar-refractivity contribution < 1.29 is 4.79 Å². The molecule has 5 heteroatoms. The average molecular weight is 266 g/mol. The van der Waals surface area contributed by atoms with Gasteiger partial charge in [0.05, 0.1) is 12.1 Å². The molecule has 0 saturated carbocycles. The molecule has 0 amide bonds. The van der Waals surface area contributed by atoms with E-state index < -0.39 is 0 Å². The van der Waals surface area contributed by atoms with Crippen LogP contribution in [0.5, 0.6) is 0 Å². The van der Waals surface area contributed by atoms with Gasteiger partial charge in [-0.3, -0.25) is 4.68 Å². The van der Waals surface area contributed by atoms with Crippen LogP contribution in [-0.4, -0.2) is 15.9 Å². The van der Waals surface area contributed by atoms with E-state index in [1.165, 1.54) is 0 Å². The van der Waals surface area contributed by atoms with Crippen molar-refractivity contribution in [3.05, 3.63) is 28.4 Å². The van der Waals surface area contributed by atoms with E-state index in [-0.39, 0.29) is 0 Å². The summed E-state index contributed by atoms with van der Waals surface area (Å²) < 4.78 is 2.58. The molecule has 0 N–H and O–H groups in total. The van der Waals surface area contributed by atoms with Crippen LogP contribution in [0, 0.1) is 0 Å². The highest BCUT2D eigenvalue weighted by atomic mass is 79.9. The number of fused-ring (bicyclic) bond motifs is 1. The van der Waals surface area contributed by atoms with E-state index in [9.17, 15) is 4.79 Å². The van der Waals surface area contributed by atoms with Crippen molar-refractivity contribution in [2.75, 3.05) is 0 Å². The summed E-state index contributed by atoms with van der Waals surface area (Å²) in [6.45, 7) is 0.340. The van der Waals surface area contributed by atoms with Crippen molar-refractivity contribution >= 4 is 32.9 Å². The lowest BCUT2D eigenvalue weighted by Gasteiger charge is -2.00. The number of nitrogens with zero attached hydrogens (tertiary/aromatic N) is 3. The summed E-state index contributed by atoms with van der Waals surface area (Å²) in [5, 5.41) is 5.28. The third-order valence-electron chi connectivity index (χ3n) is 2.22. The van der Waals surface area contributed by atoms with Gasteiger partial charge in [0.1, 0.15) is 4.60 Å². The van der Waals surface area contributed by atoms with E-state index in [1.54, 1.807) is 10.8 Å². The average Bonchev–Trinajstić information content (AvgIpc) is 2.53. The molecule has 0 unspecified atom stereocenters. The smallest absolute Gasteiger partial charge is 0.235 e. The van der Waals surface area contributed by atoms with Crippen LogP contribution in [0.25, 0.3) is 10.9 Å². The molecular formula is C10H8BrN3O. The lowest BCUT2D eigenvalue weighted by atomic mass is 10.1. The van der Waals surface area contributed by atoms with Crippen molar-refractivity contribution in [2.24, 2.45) is 12.0 Å². The molecule has 1 aromatic heterocycles. The second-order valence-corrected chi connectivity index (χ2v) is 3.89. The Balaban J connectivity index is 2.69. The number of aryl methyl sites for hydroxylation is 1. The highest BCUT2D eigenvalue weighted by molar-refractivity contribution is 9.10. The predicted octanol–water partition coefficient (Wildman–Crippen LogP) is 2.17. The van der Waals surface area contributed by atoms with Gasteiger partial charge in [0.15, 0.2) is 0 Å². The lowest BCUT2D eigenvalue weighted by molar-refractivity contribution is 0.563. The molecule has 0 radical (unpaired) electrons. The van der Waals surface area contributed by atoms with Gasteiger partial charge in [0.2, 0.25) is 6.08 Å². The number of aliphatic imine (C=N–C) groups is 1. The van der Waals surface area contributed by atoms with E-state index >= 15 is 0 Å². The molecule has 0 atom stereocenters.